The van der Waals surface area contributed by atoms with E-state index in [-0.39, 0.29) is 0 Å². The summed E-state index contributed by atoms with van der Waals surface area (Å²) in [7, 11) is 0. The van der Waals surface area contributed by atoms with Gasteiger partial charge in [0.05, 0.1) is 6.10 Å². The highest BCUT2D eigenvalue weighted by Gasteiger charge is 2.12. The molecule has 0 amide bonds. The molecule has 0 aromatic carbocycles. The molecule has 0 aromatic rings. The zero-order valence-electron chi connectivity index (χ0n) is 7.25. The third-order valence-corrected chi connectivity index (χ3v) is 1.92. The number of nitrogens with zero attached hydrogens (tertiary/aromatic N) is 1. The van der Waals surface area contributed by atoms with Crippen molar-refractivity contribution in [2.24, 2.45) is 0 Å². The van der Waals surface area contributed by atoms with Crippen molar-refractivity contribution in [2.45, 2.75) is 19.4 Å². The zero-order valence-corrected chi connectivity index (χ0v) is 7.25. The predicted molar refractivity (Wildman–Crippen MR) is 46.7 cm³/mol. The van der Waals surface area contributed by atoms with Gasteiger partial charge in [0.2, 0.25) is 0 Å². The summed E-state index contributed by atoms with van der Waals surface area (Å²) in [6.45, 7) is 9.96. The fourth-order valence-electron chi connectivity index (χ4n) is 1.43. The van der Waals surface area contributed by atoms with Crippen LogP contribution in [-0.4, -0.2) is 37.2 Å². The molecule has 1 aliphatic rings. The van der Waals surface area contributed by atoms with Crippen LogP contribution in [0.2, 0.25) is 0 Å². The minimum atomic E-state index is 0.387. The van der Waals surface area contributed by atoms with Crippen LogP contribution in [0, 0.1) is 0 Å². The fraction of sp³-hybridized carbons (Fsp3) is 0.778. The molecule has 1 saturated heterocycles. The van der Waals surface area contributed by atoms with Crippen molar-refractivity contribution in [3.63, 3.8) is 0 Å². The van der Waals surface area contributed by atoms with E-state index in [1.165, 1.54) is 0 Å². The molecule has 1 heterocycles. The van der Waals surface area contributed by atoms with E-state index in [1.807, 2.05) is 6.08 Å². The van der Waals surface area contributed by atoms with Crippen molar-refractivity contribution in [1.29, 1.82) is 0 Å². The molecule has 64 valence electrons. The summed E-state index contributed by atoms with van der Waals surface area (Å²) in [6, 6.07) is 0. The van der Waals surface area contributed by atoms with Crippen LogP contribution in [0.4, 0.5) is 0 Å². The van der Waals surface area contributed by atoms with Crippen molar-refractivity contribution in [3.05, 3.63) is 12.7 Å². The van der Waals surface area contributed by atoms with E-state index >= 15 is 0 Å². The Hall–Kier alpha value is -0.340. The van der Waals surface area contributed by atoms with Gasteiger partial charge in [-0.1, -0.05) is 6.08 Å². The van der Waals surface area contributed by atoms with Crippen LogP contribution >= 0.6 is 0 Å². The van der Waals surface area contributed by atoms with Crippen LogP contribution in [0.5, 0.6) is 0 Å². The van der Waals surface area contributed by atoms with Crippen molar-refractivity contribution in [2.75, 3.05) is 26.2 Å². The molecule has 1 unspecified atom stereocenters. The highest BCUT2D eigenvalue weighted by Crippen LogP contribution is 2.04. The molecule has 0 saturated carbocycles. The second-order valence-electron chi connectivity index (χ2n) is 3.08. The SMILES string of the molecule is C=CCN1CCCOC(C)C1. The number of hydrogen-bond acceptors (Lipinski definition) is 2. The first-order valence-electron chi connectivity index (χ1n) is 4.28. The maximum Gasteiger partial charge on any atom is 0.0674 e. The summed E-state index contributed by atoms with van der Waals surface area (Å²) in [5.41, 5.74) is 0. The van der Waals surface area contributed by atoms with E-state index in [9.17, 15) is 0 Å². The molecule has 11 heavy (non-hydrogen) atoms. The maximum absolute atomic E-state index is 5.50. The second-order valence-corrected chi connectivity index (χ2v) is 3.08. The van der Waals surface area contributed by atoms with E-state index in [0.717, 1.165) is 32.7 Å². The Bertz CT molecular complexity index is 125. The zero-order chi connectivity index (χ0) is 8.10. The third-order valence-electron chi connectivity index (χ3n) is 1.92. The molecule has 1 atom stereocenters. The molecule has 0 N–H and O–H groups in total. The topological polar surface area (TPSA) is 12.5 Å². The van der Waals surface area contributed by atoms with Gasteiger partial charge in [-0.25, -0.2) is 0 Å². The second kappa shape index (κ2) is 4.52. The standard InChI is InChI=1S/C9H17NO/c1-3-5-10-6-4-7-11-9(2)8-10/h3,9H,1,4-8H2,2H3. The average molecular weight is 155 g/mol. The number of rotatable bonds is 2. The van der Waals surface area contributed by atoms with Crippen molar-refractivity contribution < 1.29 is 4.74 Å². The Morgan fingerprint density at radius 2 is 2.55 bits per heavy atom. The first-order valence-corrected chi connectivity index (χ1v) is 4.28. The van der Waals surface area contributed by atoms with E-state index in [2.05, 4.69) is 18.4 Å². The summed E-state index contributed by atoms with van der Waals surface area (Å²) in [4.78, 5) is 2.38. The molecule has 1 fully saturated rings. The van der Waals surface area contributed by atoms with Gasteiger partial charge in [-0.3, -0.25) is 4.90 Å². The molecule has 0 radical (unpaired) electrons. The van der Waals surface area contributed by atoms with Crippen LogP contribution in [-0.2, 0) is 4.74 Å². The Labute approximate surface area is 68.8 Å². The van der Waals surface area contributed by atoms with Gasteiger partial charge in [-0.2, -0.15) is 0 Å². The van der Waals surface area contributed by atoms with E-state index < -0.39 is 0 Å². The summed E-state index contributed by atoms with van der Waals surface area (Å²) in [6.07, 6.45) is 3.49. The monoisotopic (exact) mass is 155 g/mol. The average Bonchev–Trinajstić information content (AvgIpc) is 2.15. The van der Waals surface area contributed by atoms with Gasteiger partial charge in [0.1, 0.15) is 0 Å². The Morgan fingerprint density at radius 3 is 3.27 bits per heavy atom. The largest absolute Gasteiger partial charge is 0.377 e. The van der Waals surface area contributed by atoms with Crippen molar-refractivity contribution in [1.82, 2.24) is 4.90 Å². The van der Waals surface area contributed by atoms with Gasteiger partial charge in [0.25, 0.3) is 0 Å². The van der Waals surface area contributed by atoms with Gasteiger partial charge in [0.15, 0.2) is 0 Å². The minimum absolute atomic E-state index is 0.387. The predicted octanol–water partition coefficient (Wildman–Crippen LogP) is 1.28. The van der Waals surface area contributed by atoms with Crippen LogP contribution < -0.4 is 0 Å². The minimum Gasteiger partial charge on any atom is -0.377 e. The van der Waals surface area contributed by atoms with Gasteiger partial charge in [-0.05, 0) is 13.3 Å². The van der Waals surface area contributed by atoms with Crippen LogP contribution in [0.25, 0.3) is 0 Å². The molecule has 0 bridgehead atoms. The van der Waals surface area contributed by atoms with Gasteiger partial charge < -0.3 is 4.74 Å². The summed E-state index contributed by atoms with van der Waals surface area (Å²) in [5.74, 6) is 0. The first kappa shape index (κ1) is 8.75. The van der Waals surface area contributed by atoms with Crippen LogP contribution in [0.15, 0.2) is 12.7 Å². The highest BCUT2D eigenvalue weighted by molar-refractivity contribution is 4.76. The van der Waals surface area contributed by atoms with Crippen LogP contribution in [0.1, 0.15) is 13.3 Å². The van der Waals surface area contributed by atoms with E-state index in [1.54, 1.807) is 0 Å². The maximum atomic E-state index is 5.50. The summed E-state index contributed by atoms with van der Waals surface area (Å²) in [5, 5.41) is 0. The van der Waals surface area contributed by atoms with Gasteiger partial charge in [-0.15, -0.1) is 6.58 Å². The Balaban J connectivity index is 2.32. The smallest absolute Gasteiger partial charge is 0.0674 e. The lowest BCUT2D eigenvalue weighted by Crippen LogP contribution is -2.30. The lowest BCUT2D eigenvalue weighted by molar-refractivity contribution is 0.0692. The Kier molecular flexibility index (Phi) is 3.60. The van der Waals surface area contributed by atoms with Crippen molar-refractivity contribution >= 4 is 0 Å². The number of hydrogen-bond donors (Lipinski definition) is 0. The van der Waals surface area contributed by atoms with Gasteiger partial charge in [0, 0.05) is 26.2 Å². The molecule has 0 aliphatic carbocycles. The molecule has 1 aliphatic heterocycles. The van der Waals surface area contributed by atoms with Crippen LogP contribution in [0.3, 0.4) is 0 Å². The first-order chi connectivity index (χ1) is 5.33. The molecule has 1 rings (SSSR count). The lowest BCUT2D eigenvalue weighted by Gasteiger charge is -2.19. The molecule has 2 heteroatoms. The third kappa shape index (κ3) is 3.04. The molecular weight excluding hydrogens is 138 g/mol. The quantitative estimate of drug-likeness (QED) is 0.557. The number of ether oxygens (including phenoxy) is 1. The lowest BCUT2D eigenvalue weighted by atomic mass is 10.3. The van der Waals surface area contributed by atoms with E-state index in [4.69, 9.17) is 4.74 Å². The molecule has 0 spiro atoms. The molecule has 2 nitrogen and oxygen atoms in total. The summed E-state index contributed by atoms with van der Waals surface area (Å²) >= 11 is 0. The Morgan fingerprint density at radius 1 is 1.73 bits per heavy atom. The molecular formula is C9H17NO. The van der Waals surface area contributed by atoms with E-state index in [0.29, 0.717) is 6.10 Å². The van der Waals surface area contributed by atoms with Gasteiger partial charge >= 0.3 is 0 Å². The normalized spacial score (nSPS) is 27.9. The van der Waals surface area contributed by atoms with Crippen molar-refractivity contribution in [3.8, 4) is 0 Å². The summed E-state index contributed by atoms with van der Waals surface area (Å²) < 4.78 is 5.50. The molecule has 0 aromatic heterocycles. The fourth-order valence-corrected chi connectivity index (χ4v) is 1.43. The highest BCUT2D eigenvalue weighted by atomic mass is 16.5.